The molecule has 0 aliphatic rings. The first-order chi connectivity index (χ1) is 10.1. The Balaban J connectivity index is 2.22. The van der Waals surface area contributed by atoms with Crippen LogP contribution in [-0.2, 0) is 0 Å². The van der Waals surface area contributed by atoms with Crippen molar-refractivity contribution in [3.05, 3.63) is 75.6 Å². The zero-order valence-corrected chi connectivity index (χ0v) is 12.4. The minimum Gasteiger partial charge on any atom is -0.331 e. The van der Waals surface area contributed by atoms with E-state index in [0.717, 1.165) is 16.9 Å². The second kappa shape index (κ2) is 5.09. The van der Waals surface area contributed by atoms with E-state index in [9.17, 15) is 4.79 Å². The first-order valence-electron chi connectivity index (χ1n) is 6.93. The molecule has 1 heterocycles. The van der Waals surface area contributed by atoms with Crippen molar-refractivity contribution in [2.45, 2.75) is 20.8 Å². The average Bonchev–Trinajstić information content (AvgIpc) is 2.77. The number of nitrogens with zero attached hydrogens (tertiary/aromatic N) is 1. The Morgan fingerprint density at radius 1 is 0.810 bits per heavy atom. The first-order valence-corrected chi connectivity index (χ1v) is 6.93. The molecule has 106 valence electrons. The number of aromatic nitrogens is 1. The van der Waals surface area contributed by atoms with Crippen LogP contribution in [-0.4, -0.2) is 4.74 Å². The van der Waals surface area contributed by atoms with Crippen LogP contribution in [0, 0.1) is 20.8 Å². The predicted molar refractivity (Wildman–Crippen MR) is 84.0 cm³/mol. The maximum Gasteiger partial charge on any atom is 0.361 e. The maximum atomic E-state index is 12.0. The molecule has 3 aromatic rings. The van der Waals surface area contributed by atoms with Crippen LogP contribution in [0.1, 0.15) is 16.7 Å². The van der Waals surface area contributed by atoms with Gasteiger partial charge in [-0.2, -0.15) is 4.74 Å². The molecule has 3 rings (SSSR count). The van der Waals surface area contributed by atoms with Gasteiger partial charge in [0.25, 0.3) is 0 Å². The molecule has 0 aliphatic carbocycles. The molecule has 0 amide bonds. The van der Waals surface area contributed by atoms with E-state index >= 15 is 0 Å². The second-order valence-electron chi connectivity index (χ2n) is 5.35. The highest BCUT2D eigenvalue weighted by Gasteiger charge is 2.16. The fourth-order valence-corrected chi connectivity index (χ4v) is 2.35. The summed E-state index contributed by atoms with van der Waals surface area (Å²) in [7, 11) is 0. The van der Waals surface area contributed by atoms with Crippen molar-refractivity contribution >= 4 is 0 Å². The second-order valence-corrected chi connectivity index (χ2v) is 5.35. The van der Waals surface area contributed by atoms with Crippen LogP contribution in [0.4, 0.5) is 0 Å². The SMILES string of the molecule is Cc1ccc(-c2c(C)c(=O)on2-c2ccc(C)cc2)cc1. The van der Waals surface area contributed by atoms with Gasteiger partial charge in [-0.3, -0.25) is 0 Å². The van der Waals surface area contributed by atoms with Crippen LogP contribution in [0.5, 0.6) is 0 Å². The van der Waals surface area contributed by atoms with Crippen molar-refractivity contribution in [3.8, 4) is 16.9 Å². The highest BCUT2D eigenvalue weighted by molar-refractivity contribution is 5.65. The van der Waals surface area contributed by atoms with Gasteiger partial charge in [0, 0.05) is 5.56 Å². The molecular weight excluding hydrogens is 262 g/mol. The van der Waals surface area contributed by atoms with E-state index in [-0.39, 0.29) is 5.63 Å². The fourth-order valence-electron chi connectivity index (χ4n) is 2.35. The van der Waals surface area contributed by atoms with Gasteiger partial charge in [0.05, 0.1) is 16.9 Å². The monoisotopic (exact) mass is 279 g/mol. The number of rotatable bonds is 2. The Morgan fingerprint density at radius 3 is 1.90 bits per heavy atom. The van der Waals surface area contributed by atoms with Crippen molar-refractivity contribution < 1.29 is 4.52 Å². The van der Waals surface area contributed by atoms with Crippen LogP contribution in [0.15, 0.2) is 57.8 Å². The third-order valence-electron chi connectivity index (χ3n) is 3.63. The Bertz CT molecular complexity index is 821. The van der Waals surface area contributed by atoms with Crippen LogP contribution < -0.4 is 5.63 Å². The standard InChI is InChI=1S/C18H17NO2/c1-12-4-8-15(9-5-12)17-14(3)18(20)21-19(17)16-10-6-13(2)7-11-16/h4-11H,1-3H3. The molecule has 3 nitrogen and oxygen atoms in total. The highest BCUT2D eigenvalue weighted by Crippen LogP contribution is 2.25. The van der Waals surface area contributed by atoms with Crippen molar-refractivity contribution in [2.75, 3.05) is 0 Å². The Morgan fingerprint density at radius 2 is 1.33 bits per heavy atom. The third-order valence-corrected chi connectivity index (χ3v) is 3.63. The number of hydrogen-bond donors (Lipinski definition) is 0. The van der Waals surface area contributed by atoms with Crippen LogP contribution in [0.3, 0.4) is 0 Å². The largest absolute Gasteiger partial charge is 0.361 e. The third kappa shape index (κ3) is 2.42. The summed E-state index contributed by atoms with van der Waals surface area (Å²) in [6.45, 7) is 5.87. The minimum absolute atomic E-state index is 0.300. The molecule has 0 bridgehead atoms. The molecule has 0 saturated carbocycles. The van der Waals surface area contributed by atoms with Crippen LogP contribution in [0.2, 0.25) is 0 Å². The Labute approximate surface area is 123 Å². The summed E-state index contributed by atoms with van der Waals surface area (Å²) in [5, 5.41) is 0. The summed E-state index contributed by atoms with van der Waals surface area (Å²) >= 11 is 0. The van der Waals surface area contributed by atoms with E-state index in [1.807, 2.05) is 62.4 Å². The van der Waals surface area contributed by atoms with E-state index in [4.69, 9.17) is 4.52 Å². The van der Waals surface area contributed by atoms with Crippen LogP contribution >= 0.6 is 0 Å². The van der Waals surface area contributed by atoms with Gasteiger partial charge in [0.2, 0.25) is 0 Å². The Hall–Kier alpha value is -2.55. The van der Waals surface area contributed by atoms with Gasteiger partial charge in [0.1, 0.15) is 0 Å². The molecule has 0 fully saturated rings. The van der Waals surface area contributed by atoms with E-state index < -0.39 is 0 Å². The summed E-state index contributed by atoms with van der Waals surface area (Å²) in [5.41, 5.74) is 5.31. The van der Waals surface area contributed by atoms with Gasteiger partial charge in [0.15, 0.2) is 0 Å². The molecule has 0 saturated heterocycles. The molecular formula is C18H17NO2. The zero-order valence-electron chi connectivity index (χ0n) is 12.4. The summed E-state index contributed by atoms with van der Waals surface area (Å²) in [6.07, 6.45) is 0. The lowest BCUT2D eigenvalue weighted by atomic mass is 10.1. The Kier molecular flexibility index (Phi) is 3.26. The van der Waals surface area contributed by atoms with E-state index in [1.165, 1.54) is 11.1 Å². The smallest absolute Gasteiger partial charge is 0.331 e. The lowest BCUT2D eigenvalue weighted by Gasteiger charge is -2.08. The van der Waals surface area contributed by atoms with E-state index in [1.54, 1.807) is 11.7 Å². The van der Waals surface area contributed by atoms with Gasteiger partial charge in [-0.15, -0.1) is 0 Å². The van der Waals surface area contributed by atoms with Crippen molar-refractivity contribution in [2.24, 2.45) is 0 Å². The summed E-state index contributed by atoms with van der Waals surface area (Å²) < 4.78 is 7.03. The molecule has 0 spiro atoms. The van der Waals surface area contributed by atoms with Gasteiger partial charge >= 0.3 is 5.63 Å². The molecule has 0 aliphatic heterocycles. The summed E-state index contributed by atoms with van der Waals surface area (Å²) in [6, 6.07) is 16.0. The van der Waals surface area contributed by atoms with Gasteiger partial charge in [-0.25, -0.2) is 4.79 Å². The van der Waals surface area contributed by atoms with Gasteiger partial charge < -0.3 is 4.52 Å². The molecule has 0 atom stereocenters. The van der Waals surface area contributed by atoms with Crippen molar-refractivity contribution in [1.29, 1.82) is 0 Å². The molecule has 2 aromatic carbocycles. The molecule has 0 N–H and O–H groups in total. The number of aryl methyl sites for hydroxylation is 2. The fraction of sp³-hybridized carbons (Fsp3) is 0.167. The summed E-state index contributed by atoms with van der Waals surface area (Å²) in [5.74, 6) is 0. The van der Waals surface area contributed by atoms with Gasteiger partial charge in [-0.1, -0.05) is 47.5 Å². The summed E-state index contributed by atoms with van der Waals surface area (Å²) in [4.78, 5) is 12.0. The van der Waals surface area contributed by atoms with Crippen LogP contribution in [0.25, 0.3) is 16.9 Å². The maximum absolute atomic E-state index is 12.0. The number of benzene rings is 2. The molecule has 3 heteroatoms. The van der Waals surface area contributed by atoms with Crippen molar-refractivity contribution in [1.82, 2.24) is 4.74 Å². The zero-order chi connectivity index (χ0) is 15.0. The quantitative estimate of drug-likeness (QED) is 0.710. The lowest BCUT2D eigenvalue weighted by Crippen LogP contribution is -1.96. The average molecular weight is 279 g/mol. The lowest BCUT2D eigenvalue weighted by molar-refractivity contribution is 0.326. The molecule has 1 aromatic heterocycles. The topological polar surface area (TPSA) is 35.1 Å². The van der Waals surface area contributed by atoms with E-state index in [0.29, 0.717) is 5.56 Å². The molecule has 21 heavy (non-hydrogen) atoms. The number of hydrogen-bond acceptors (Lipinski definition) is 2. The predicted octanol–water partition coefficient (Wildman–Crippen LogP) is 4.02. The van der Waals surface area contributed by atoms with E-state index in [2.05, 4.69) is 0 Å². The minimum atomic E-state index is -0.300. The first kappa shape index (κ1) is 13.4. The normalized spacial score (nSPS) is 10.8. The van der Waals surface area contributed by atoms with Gasteiger partial charge in [-0.05, 0) is 32.9 Å². The van der Waals surface area contributed by atoms with Crippen molar-refractivity contribution in [3.63, 3.8) is 0 Å². The molecule has 0 radical (unpaired) electrons. The highest BCUT2D eigenvalue weighted by atomic mass is 16.5. The molecule has 0 unspecified atom stereocenters.